The zero-order valence-electron chi connectivity index (χ0n) is 20.5. The Hall–Kier alpha value is -1.89. The molecule has 0 spiro atoms. The smallest absolute Gasteiger partial charge is 0.342 e. The van der Waals surface area contributed by atoms with Crippen molar-refractivity contribution >= 4 is 5.97 Å². The monoisotopic (exact) mass is 446 g/mol. The highest BCUT2D eigenvalue weighted by molar-refractivity contribution is 5.94. The van der Waals surface area contributed by atoms with Crippen LogP contribution >= 0.6 is 0 Å². The fourth-order valence-electron chi connectivity index (χ4n) is 4.47. The largest absolute Gasteiger partial charge is 0.467 e. The minimum Gasteiger partial charge on any atom is -0.467 e. The van der Waals surface area contributed by atoms with Gasteiger partial charge < -0.3 is 23.7 Å². The summed E-state index contributed by atoms with van der Waals surface area (Å²) in [5.41, 5.74) is 2.44. The van der Waals surface area contributed by atoms with Gasteiger partial charge in [-0.15, -0.1) is 0 Å². The molecule has 3 rings (SSSR count). The average Bonchev–Trinajstić information content (AvgIpc) is 3.03. The Labute approximate surface area is 192 Å². The second-order valence-corrected chi connectivity index (χ2v) is 9.59. The molecule has 0 saturated carbocycles. The summed E-state index contributed by atoms with van der Waals surface area (Å²) in [5, 5.41) is 0. The van der Waals surface area contributed by atoms with Crippen molar-refractivity contribution in [2.75, 3.05) is 13.9 Å². The fraction of sp³-hybridized carbons (Fsp3) is 0.654. The number of benzene rings is 1. The maximum atomic E-state index is 13.2. The summed E-state index contributed by atoms with van der Waals surface area (Å²) in [6, 6.07) is 3.91. The fourth-order valence-corrected chi connectivity index (χ4v) is 4.47. The van der Waals surface area contributed by atoms with E-state index in [9.17, 15) is 4.79 Å². The van der Waals surface area contributed by atoms with Crippen molar-refractivity contribution in [1.29, 1.82) is 0 Å². The number of aryl methyl sites for hydroxylation is 2. The first-order valence-corrected chi connectivity index (χ1v) is 11.6. The number of carbonyl (C=O) groups excluding carboxylic acids is 1. The van der Waals surface area contributed by atoms with Gasteiger partial charge in [-0.25, -0.2) is 4.79 Å². The third-order valence-electron chi connectivity index (χ3n) is 6.29. The van der Waals surface area contributed by atoms with Gasteiger partial charge in [-0.05, 0) is 64.2 Å². The van der Waals surface area contributed by atoms with Crippen LogP contribution in [0.3, 0.4) is 0 Å². The Balaban J connectivity index is 1.97. The number of fused-ring (bicyclic) bond motifs is 2. The second-order valence-electron chi connectivity index (χ2n) is 9.59. The zero-order chi connectivity index (χ0) is 23.5. The van der Waals surface area contributed by atoms with E-state index in [1.165, 1.54) is 0 Å². The molecule has 32 heavy (non-hydrogen) atoms. The molecule has 1 aromatic carbocycles. The van der Waals surface area contributed by atoms with Crippen LogP contribution in [0.2, 0.25) is 0 Å². The first-order valence-electron chi connectivity index (χ1n) is 11.6. The molecule has 5 atom stereocenters. The van der Waals surface area contributed by atoms with Crippen LogP contribution < -0.4 is 4.74 Å². The molecular formula is C26H38O6. The summed E-state index contributed by atoms with van der Waals surface area (Å²) in [7, 11) is 1.56. The number of cyclic esters (lactones) is 1. The van der Waals surface area contributed by atoms with Crippen LogP contribution in [0.1, 0.15) is 68.9 Å². The van der Waals surface area contributed by atoms with E-state index in [0.29, 0.717) is 11.3 Å². The Morgan fingerprint density at radius 3 is 2.53 bits per heavy atom. The summed E-state index contributed by atoms with van der Waals surface area (Å²) < 4.78 is 29.2. The van der Waals surface area contributed by atoms with Gasteiger partial charge in [-0.1, -0.05) is 32.1 Å². The lowest BCUT2D eigenvalue weighted by Gasteiger charge is -2.24. The molecule has 0 bridgehead atoms. The van der Waals surface area contributed by atoms with E-state index in [0.717, 1.165) is 30.4 Å². The number of ether oxygens (including phenoxy) is 5. The van der Waals surface area contributed by atoms with Gasteiger partial charge in [0, 0.05) is 18.9 Å². The molecule has 2 aliphatic heterocycles. The lowest BCUT2D eigenvalue weighted by Crippen LogP contribution is -2.29. The van der Waals surface area contributed by atoms with E-state index in [-0.39, 0.29) is 42.9 Å². The molecule has 1 unspecified atom stereocenters. The molecule has 178 valence electrons. The molecule has 0 radical (unpaired) electrons. The summed E-state index contributed by atoms with van der Waals surface area (Å²) in [5.74, 6) is -0.209. The Bertz CT molecular complexity index is 830. The maximum absolute atomic E-state index is 13.2. The van der Waals surface area contributed by atoms with Gasteiger partial charge in [-0.3, -0.25) is 0 Å². The second kappa shape index (κ2) is 10.4. The van der Waals surface area contributed by atoms with Gasteiger partial charge in [0.15, 0.2) is 12.6 Å². The predicted octanol–water partition coefficient (Wildman–Crippen LogP) is 5.21. The topological polar surface area (TPSA) is 63.2 Å². The standard InChI is InChI=1S/C26H38O6/c1-16-13-20-9-8-10-21-24(32-26(5,6)31-21)18(3)12-11-17(2)19(4)30-25(27)23(20)22(14-16)29-15-28-7/h11-14,17-19,21,24H,8-10,15H2,1-7H3/b12-11-/t17-,18?,19+,21+,24-/m1/s1. The summed E-state index contributed by atoms with van der Waals surface area (Å²) >= 11 is 0. The lowest BCUT2D eigenvalue weighted by molar-refractivity contribution is -0.149. The molecule has 6 nitrogen and oxygen atoms in total. The highest BCUT2D eigenvalue weighted by Crippen LogP contribution is 2.36. The van der Waals surface area contributed by atoms with Gasteiger partial charge in [-0.2, -0.15) is 0 Å². The van der Waals surface area contributed by atoms with E-state index in [1.807, 2.05) is 39.8 Å². The molecule has 2 aliphatic rings. The van der Waals surface area contributed by atoms with Gasteiger partial charge in [0.25, 0.3) is 0 Å². The van der Waals surface area contributed by atoms with Gasteiger partial charge in [0.1, 0.15) is 17.4 Å². The maximum Gasteiger partial charge on any atom is 0.342 e. The number of methoxy groups -OCH3 is 1. The first-order chi connectivity index (χ1) is 15.1. The third-order valence-corrected chi connectivity index (χ3v) is 6.29. The molecule has 0 aliphatic carbocycles. The van der Waals surface area contributed by atoms with Crippen molar-refractivity contribution in [2.24, 2.45) is 11.8 Å². The minimum atomic E-state index is -0.598. The van der Waals surface area contributed by atoms with Crippen molar-refractivity contribution in [1.82, 2.24) is 0 Å². The van der Waals surface area contributed by atoms with Crippen LogP contribution in [0.5, 0.6) is 5.75 Å². The normalized spacial score (nSPS) is 31.7. The number of hydrogen-bond acceptors (Lipinski definition) is 6. The van der Waals surface area contributed by atoms with Crippen molar-refractivity contribution < 1.29 is 28.5 Å². The third kappa shape index (κ3) is 5.91. The first kappa shape index (κ1) is 24.7. The molecular weight excluding hydrogens is 408 g/mol. The van der Waals surface area contributed by atoms with Gasteiger partial charge in [0.05, 0.1) is 12.2 Å². The highest BCUT2D eigenvalue weighted by atomic mass is 16.8. The minimum absolute atomic E-state index is 0.00439. The van der Waals surface area contributed by atoms with Crippen LogP contribution in [0.4, 0.5) is 0 Å². The molecule has 1 aromatic rings. The zero-order valence-corrected chi connectivity index (χ0v) is 20.5. The average molecular weight is 447 g/mol. The van der Waals surface area contributed by atoms with E-state index < -0.39 is 5.79 Å². The van der Waals surface area contributed by atoms with Crippen LogP contribution in [0, 0.1) is 18.8 Å². The van der Waals surface area contributed by atoms with E-state index >= 15 is 0 Å². The van der Waals surface area contributed by atoms with Crippen LogP contribution in [-0.4, -0.2) is 44.0 Å². The van der Waals surface area contributed by atoms with Gasteiger partial charge in [0.2, 0.25) is 0 Å². The van der Waals surface area contributed by atoms with Crippen LogP contribution in [0.15, 0.2) is 24.3 Å². The molecule has 0 aromatic heterocycles. The molecule has 0 amide bonds. The molecule has 6 heteroatoms. The Morgan fingerprint density at radius 1 is 1.09 bits per heavy atom. The molecule has 0 N–H and O–H groups in total. The summed E-state index contributed by atoms with van der Waals surface area (Å²) in [6.07, 6.45) is 6.40. The van der Waals surface area contributed by atoms with Crippen molar-refractivity contribution in [3.05, 3.63) is 41.0 Å². The van der Waals surface area contributed by atoms with Crippen molar-refractivity contribution in [2.45, 2.75) is 84.9 Å². The number of esters is 1. The molecule has 1 fully saturated rings. The number of carbonyl (C=O) groups is 1. The van der Waals surface area contributed by atoms with E-state index in [2.05, 4.69) is 26.0 Å². The number of rotatable bonds is 3. The summed E-state index contributed by atoms with van der Waals surface area (Å²) in [4.78, 5) is 13.2. The van der Waals surface area contributed by atoms with Crippen molar-refractivity contribution in [3.63, 3.8) is 0 Å². The van der Waals surface area contributed by atoms with E-state index in [4.69, 9.17) is 23.7 Å². The van der Waals surface area contributed by atoms with E-state index in [1.54, 1.807) is 7.11 Å². The lowest BCUT2D eigenvalue weighted by atomic mass is 9.92. The molecule has 2 heterocycles. The Morgan fingerprint density at radius 2 is 1.81 bits per heavy atom. The quantitative estimate of drug-likeness (QED) is 0.361. The highest BCUT2D eigenvalue weighted by Gasteiger charge is 2.42. The van der Waals surface area contributed by atoms with Crippen LogP contribution in [0.25, 0.3) is 0 Å². The summed E-state index contributed by atoms with van der Waals surface area (Å²) in [6.45, 7) is 12.2. The molecule has 1 saturated heterocycles. The van der Waals surface area contributed by atoms with Crippen molar-refractivity contribution in [3.8, 4) is 5.75 Å². The van der Waals surface area contributed by atoms with Gasteiger partial charge >= 0.3 is 5.97 Å². The Kier molecular flexibility index (Phi) is 8.01. The number of hydrogen-bond donors (Lipinski definition) is 0. The van der Waals surface area contributed by atoms with Crippen LogP contribution in [-0.2, 0) is 25.4 Å². The predicted molar refractivity (Wildman–Crippen MR) is 123 cm³/mol. The SMILES string of the molecule is COCOc1cc(C)cc2c1C(=O)O[C@@H](C)[C@H](C)/C=C\C(C)[C@H]1OC(C)(C)O[C@H]1CCC2.